The monoisotopic (exact) mass is 156 g/mol. The Morgan fingerprint density at radius 2 is 2.20 bits per heavy atom. The summed E-state index contributed by atoms with van der Waals surface area (Å²) in [4.78, 5) is 1.54. The lowest BCUT2D eigenvalue weighted by Gasteiger charge is -2.02. The van der Waals surface area contributed by atoms with Crippen molar-refractivity contribution in [3.8, 4) is 0 Å². The molecule has 0 aliphatic carbocycles. The highest BCUT2D eigenvalue weighted by Gasteiger charge is 2.18. The standard InChI is InChI=1S/C8H12OS/c1-2-5-9-7-4-6-10-8(7)3-1/h1-6H2. The Bertz CT molecular complexity index is 147. The molecule has 0 saturated carbocycles. The van der Waals surface area contributed by atoms with Gasteiger partial charge in [-0.1, -0.05) is 0 Å². The van der Waals surface area contributed by atoms with Crippen LogP contribution in [0.15, 0.2) is 10.7 Å². The molecule has 0 atom stereocenters. The van der Waals surface area contributed by atoms with Crippen LogP contribution < -0.4 is 0 Å². The normalized spacial score (nSPS) is 25.6. The van der Waals surface area contributed by atoms with Crippen LogP contribution in [0.3, 0.4) is 0 Å². The molecule has 0 amide bonds. The third-order valence-corrected chi connectivity index (χ3v) is 3.18. The van der Waals surface area contributed by atoms with E-state index in [4.69, 9.17) is 4.74 Å². The zero-order chi connectivity index (χ0) is 6.81. The zero-order valence-corrected chi connectivity index (χ0v) is 6.88. The van der Waals surface area contributed by atoms with Gasteiger partial charge in [-0.3, -0.25) is 0 Å². The van der Waals surface area contributed by atoms with Crippen molar-refractivity contribution in [1.29, 1.82) is 0 Å². The van der Waals surface area contributed by atoms with E-state index in [2.05, 4.69) is 0 Å². The maximum absolute atomic E-state index is 5.59. The molecule has 2 aliphatic heterocycles. The van der Waals surface area contributed by atoms with E-state index in [1.807, 2.05) is 11.8 Å². The molecule has 0 aromatic heterocycles. The van der Waals surface area contributed by atoms with Crippen LogP contribution in [-0.2, 0) is 4.74 Å². The van der Waals surface area contributed by atoms with Crippen LogP contribution in [-0.4, -0.2) is 12.4 Å². The average molecular weight is 156 g/mol. The van der Waals surface area contributed by atoms with Crippen LogP contribution >= 0.6 is 11.8 Å². The lowest BCUT2D eigenvalue weighted by Crippen LogP contribution is -1.90. The average Bonchev–Trinajstić information content (AvgIpc) is 2.28. The predicted octanol–water partition coefficient (Wildman–Crippen LogP) is 2.54. The Morgan fingerprint density at radius 1 is 1.20 bits per heavy atom. The van der Waals surface area contributed by atoms with Crippen LogP contribution in [0.5, 0.6) is 0 Å². The SMILES string of the molecule is C1CCC2=C(CCS2)OC1. The molecular formula is C8H12OS. The second-order valence-electron chi connectivity index (χ2n) is 2.75. The molecular weight excluding hydrogens is 144 g/mol. The number of hydrogen-bond donors (Lipinski definition) is 0. The van der Waals surface area contributed by atoms with Crippen LogP contribution in [0.25, 0.3) is 0 Å². The highest BCUT2D eigenvalue weighted by molar-refractivity contribution is 8.03. The zero-order valence-electron chi connectivity index (χ0n) is 6.06. The molecule has 56 valence electrons. The molecule has 0 spiro atoms. The van der Waals surface area contributed by atoms with E-state index in [1.54, 1.807) is 0 Å². The van der Waals surface area contributed by atoms with E-state index in [0.717, 1.165) is 6.61 Å². The van der Waals surface area contributed by atoms with E-state index < -0.39 is 0 Å². The molecule has 0 saturated heterocycles. The topological polar surface area (TPSA) is 9.23 Å². The first-order valence-corrected chi connectivity index (χ1v) is 4.93. The van der Waals surface area contributed by atoms with Gasteiger partial charge in [-0.05, 0) is 19.3 Å². The smallest absolute Gasteiger partial charge is 0.106 e. The number of hydrogen-bond acceptors (Lipinski definition) is 2. The summed E-state index contributed by atoms with van der Waals surface area (Å²) in [5.41, 5.74) is 0. The molecule has 0 bridgehead atoms. The lowest BCUT2D eigenvalue weighted by molar-refractivity contribution is 0.207. The maximum atomic E-state index is 5.59. The lowest BCUT2D eigenvalue weighted by atomic mass is 10.2. The van der Waals surface area contributed by atoms with Crippen LogP contribution in [0.2, 0.25) is 0 Å². The fourth-order valence-electron chi connectivity index (χ4n) is 1.43. The summed E-state index contributed by atoms with van der Waals surface area (Å²) in [6.07, 6.45) is 5.03. The van der Waals surface area contributed by atoms with E-state index in [1.165, 1.54) is 42.1 Å². The fraction of sp³-hybridized carbons (Fsp3) is 0.750. The molecule has 0 fully saturated rings. The van der Waals surface area contributed by atoms with Gasteiger partial charge >= 0.3 is 0 Å². The Balaban J connectivity index is 2.10. The van der Waals surface area contributed by atoms with Gasteiger partial charge in [0, 0.05) is 17.1 Å². The fourth-order valence-corrected chi connectivity index (χ4v) is 2.58. The number of rotatable bonds is 0. The van der Waals surface area contributed by atoms with Crippen LogP contribution in [0.4, 0.5) is 0 Å². The van der Waals surface area contributed by atoms with E-state index >= 15 is 0 Å². The Hall–Kier alpha value is -0.110. The number of allylic oxidation sites excluding steroid dienone is 2. The molecule has 2 aliphatic rings. The summed E-state index contributed by atoms with van der Waals surface area (Å²) in [5.74, 6) is 2.56. The minimum Gasteiger partial charge on any atom is -0.497 e. The third kappa shape index (κ3) is 1.17. The summed E-state index contributed by atoms with van der Waals surface area (Å²) in [5, 5.41) is 0. The molecule has 2 heteroatoms. The summed E-state index contributed by atoms with van der Waals surface area (Å²) in [7, 11) is 0. The van der Waals surface area contributed by atoms with Gasteiger partial charge in [0.15, 0.2) is 0 Å². The largest absolute Gasteiger partial charge is 0.497 e. The van der Waals surface area contributed by atoms with Crippen molar-refractivity contribution >= 4 is 11.8 Å². The predicted molar refractivity (Wildman–Crippen MR) is 43.9 cm³/mol. The van der Waals surface area contributed by atoms with Gasteiger partial charge in [0.25, 0.3) is 0 Å². The van der Waals surface area contributed by atoms with Crippen molar-refractivity contribution < 1.29 is 4.74 Å². The van der Waals surface area contributed by atoms with Gasteiger partial charge in [-0.25, -0.2) is 0 Å². The quantitative estimate of drug-likeness (QED) is 0.533. The van der Waals surface area contributed by atoms with Crippen molar-refractivity contribution in [2.75, 3.05) is 12.4 Å². The maximum Gasteiger partial charge on any atom is 0.106 e. The summed E-state index contributed by atoms with van der Waals surface area (Å²) in [6.45, 7) is 0.958. The number of ether oxygens (including phenoxy) is 1. The minimum absolute atomic E-state index is 0.958. The molecule has 2 rings (SSSR count). The van der Waals surface area contributed by atoms with Gasteiger partial charge in [-0.15, -0.1) is 11.8 Å². The Labute approximate surface area is 65.8 Å². The molecule has 0 aromatic carbocycles. The van der Waals surface area contributed by atoms with Crippen molar-refractivity contribution in [3.05, 3.63) is 10.7 Å². The molecule has 0 aromatic rings. The summed E-state index contributed by atoms with van der Waals surface area (Å²) < 4.78 is 5.59. The summed E-state index contributed by atoms with van der Waals surface area (Å²) in [6, 6.07) is 0. The molecule has 1 nitrogen and oxygen atoms in total. The molecule has 0 unspecified atom stereocenters. The van der Waals surface area contributed by atoms with Gasteiger partial charge in [0.2, 0.25) is 0 Å². The molecule has 0 radical (unpaired) electrons. The third-order valence-electron chi connectivity index (χ3n) is 1.99. The van der Waals surface area contributed by atoms with Crippen molar-refractivity contribution in [1.82, 2.24) is 0 Å². The first-order valence-electron chi connectivity index (χ1n) is 3.94. The Morgan fingerprint density at radius 3 is 3.20 bits per heavy atom. The van der Waals surface area contributed by atoms with Gasteiger partial charge in [0.05, 0.1) is 6.61 Å². The second-order valence-corrected chi connectivity index (χ2v) is 3.94. The van der Waals surface area contributed by atoms with Crippen LogP contribution in [0.1, 0.15) is 25.7 Å². The van der Waals surface area contributed by atoms with Gasteiger partial charge in [0.1, 0.15) is 5.76 Å². The van der Waals surface area contributed by atoms with Crippen molar-refractivity contribution in [2.24, 2.45) is 0 Å². The van der Waals surface area contributed by atoms with Gasteiger partial charge < -0.3 is 4.74 Å². The Kier molecular flexibility index (Phi) is 1.89. The number of thioether (sulfide) groups is 1. The molecule has 10 heavy (non-hydrogen) atoms. The van der Waals surface area contributed by atoms with E-state index in [-0.39, 0.29) is 0 Å². The van der Waals surface area contributed by atoms with Gasteiger partial charge in [-0.2, -0.15) is 0 Å². The van der Waals surface area contributed by atoms with E-state index in [0.29, 0.717) is 0 Å². The second kappa shape index (κ2) is 2.87. The first kappa shape index (κ1) is 6.59. The van der Waals surface area contributed by atoms with Crippen LogP contribution in [0, 0.1) is 0 Å². The first-order chi connectivity index (χ1) is 4.97. The molecule has 2 heterocycles. The highest BCUT2D eigenvalue weighted by atomic mass is 32.2. The minimum atomic E-state index is 0.958. The van der Waals surface area contributed by atoms with E-state index in [9.17, 15) is 0 Å². The summed E-state index contributed by atoms with van der Waals surface area (Å²) >= 11 is 1.99. The van der Waals surface area contributed by atoms with Crippen molar-refractivity contribution in [3.63, 3.8) is 0 Å². The molecule has 0 N–H and O–H groups in total. The van der Waals surface area contributed by atoms with Crippen molar-refractivity contribution in [2.45, 2.75) is 25.7 Å². The highest BCUT2D eigenvalue weighted by Crippen LogP contribution is 2.36.